The van der Waals surface area contributed by atoms with Crippen LogP contribution in [0.2, 0.25) is 0 Å². The van der Waals surface area contributed by atoms with Gasteiger partial charge in [-0.2, -0.15) is 13.2 Å². The van der Waals surface area contributed by atoms with Crippen molar-refractivity contribution in [2.24, 2.45) is 0 Å². The maximum absolute atomic E-state index is 13.4. The Morgan fingerprint density at radius 2 is 1.86 bits per heavy atom. The van der Waals surface area contributed by atoms with Crippen LogP contribution in [0.4, 0.5) is 17.6 Å². The second-order valence-corrected chi connectivity index (χ2v) is 5.02. The minimum Gasteiger partial charge on any atom is -0.307 e. The fraction of sp³-hybridized carbons (Fsp3) is 0.286. The highest BCUT2D eigenvalue weighted by molar-refractivity contribution is 5.56. The van der Waals surface area contributed by atoms with Gasteiger partial charge in [0.1, 0.15) is 11.6 Å². The molecule has 1 fully saturated rings. The lowest BCUT2D eigenvalue weighted by atomic mass is 10.1. The molecule has 1 aromatic heterocycles. The van der Waals surface area contributed by atoms with Crippen molar-refractivity contribution in [3.63, 3.8) is 0 Å². The zero-order valence-corrected chi connectivity index (χ0v) is 10.7. The van der Waals surface area contributed by atoms with Gasteiger partial charge in [0.15, 0.2) is 0 Å². The van der Waals surface area contributed by atoms with Gasteiger partial charge in [0.05, 0.1) is 11.3 Å². The van der Waals surface area contributed by atoms with Gasteiger partial charge in [0.2, 0.25) is 0 Å². The van der Waals surface area contributed by atoms with Gasteiger partial charge < -0.3 is 4.98 Å². The number of H-pyrrole nitrogens is 1. The minimum atomic E-state index is -4.66. The van der Waals surface area contributed by atoms with Crippen LogP contribution in [0.25, 0.3) is 11.4 Å². The molecule has 0 unspecified atom stereocenters. The van der Waals surface area contributed by atoms with Crippen molar-refractivity contribution in [1.82, 2.24) is 9.97 Å². The van der Waals surface area contributed by atoms with Gasteiger partial charge >= 0.3 is 6.18 Å². The molecule has 1 heterocycles. The lowest BCUT2D eigenvalue weighted by Crippen LogP contribution is -2.11. The van der Waals surface area contributed by atoms with Crippen molar-refractivity contribution in [1.29, 1.82) is 0 Å². The summed E-state index contributed by atoms with van der Waals surface area (Å²) in [5.74, 6) is -0.907. The number of aromatic nitrogens is 2. The van der Waals surface area contributed by atoms with Crippen LogP contribution in [-0.4, -0.2) is 9.97 Å². The van der Waals surface area contributed by atoms with E-state index >= 15 is 0 Å². The summed E-state index contributed by atoms with van der Waals surface area (Å²) in [4.78, 5) is 18.1. The summed E-state index contributed by atoms with van der Waals surface area (Å²) in [5.41, 5.74) is -1.13. The molecule has 0 aliphatic heterocycles. The van der Waals surface area contributed by atoms with Gasteiger partial charge in [-0.3, -0.25) is 4.79 Å². The van der Waals surface area contributed by atoms with Crippen LogP contribution in [0.15, 0.2) is 29.1 Å². The third-order valence-corrected chi connectivity index (χ3v) is 3.26. The van der Waals surface area contributed by atoms with Crippen molar-refractivity contribution in [2.45, 2.75) is 24.9 Å². The topological polar surface area (TPSA) is 45.8 Å². The highest BCUT2D eigenvalue weighted by Gasteiger charge is 2.32. The number of halogens is 4. The predicted octanol–water partition coefficient (Wildman–Crippen LogP) is 3.47. The van der Waals surface area contributed by atoms with Crippen molar-refractivity contribution < 1.29 is 17.6 Å². The molecule has 2 aromatic rings. The van der Waals surface area contributed by atoms with E-state index in [1.165, 1.54) is 6.07 Å². The summed E-state index contributed by atoms with van der Waals surface area (Å²) >= 11 is 0. The highest BCUT2D eigenvalue weighted by atomic mass is 19.4. The van der Waals surface area contributed by atoms with E-state index in [-0.39, 0.29) is 17.3 Å². The number of alkyl halides is 3. The van der Waals surface area contributed by atoms with Crippen LogP contribution in [0.5, 0.6) is 0 Å². The number of hydrogen-bond acceptors (Lipinski definition) is 2. The summed E-state index contributed by atoms with van der Waals surface area (Å²) < 4.78 is 51.5. The van der Waals surface area contributed by atoms with Gasteiger partial charge in [-0.15, -0.1) is 0 Å². The molecule has 0 atom stereocenters. The van der Waals surface area contributed by atoms with Crippen molar-refractivity contribution in [2.75, 3.05) is 0 Å². The van der Waals surface area contributed by atoms with Crippen LogP contribution in [0.1, 0.15) is 30.0 Å². The smallest absolute Gasteiger partial charge is 0.307 e. The van der Waals surface area contributed by atoms with Crippen LogP contribution in [-0.2, 0) is 6.18 Å². The molecule has 1 saturated carbocycles. The third-order valence-electron chi connectivity index (χ3n) is 3.26. The van der Waals surface area contributed by atoms with Crippen molar-refractivity contribution >= 4 is 0 Å². The fourth-order valence-corrected chi connectivity index (χ4v) is 2.09. The van der Waals surface area contributed by atoms with Crippen LogP contribution in [0, 0.1) is 5.82 Å². The average molecular weight is 298 g/mol. The van der Waals surface area contributed by atoms with E-state index in [1.807, 2.05) is 0 Å². The molecule has 1 aliphatic carbocycles. The number of rotatable bonds is 2. The lowest BCUT2D eigenvalue weighted by Gasteiger charge is -2.09. The monoisotopic (exact) mass is 298 g/mol. The molecule has 21 heavy (non-hydrogen) atoms. The largest absolute Gasteiger partial charge is 0.416 e. The zero-order chi connectivity index (χ0) is 15.2. The molecule has 7 heteroatoms. The number of benzene rings is 1. The lowest BCUT2D eigenvalue weighted by molar-refractivity contribution is -0.137. The van der Waals surface area contributed by atoms with Crippen LogP contribution < -0.4 is 5.56 Å². The van der Waals surface area contributed by atoms with E-state index in [1.54, 1.807) is 0 Å². The number of nitrogens with zero attached hydrogens (tertiary/aromatic N) is 1. The Morgan fingerprint density at radius 1 is 1.14 bits per heavy atom. The average Bonchev–Trinajstić information content (AvgIpc) is 3.20. The summed E-state index contributed by atoms with van der Waals surface area (Å²) in [5, 5.41) is 0. The minimum absolute atomic E-state index is 0.0469. The second-order valence-electron chi connectivity index (χ2n) is 5.02. The second kappa shape index (κ2) is 4.68. The fourth-order valence-electron chi connectivity index (χ4n) is 2.09. The summed E-state index contributed by atoms with van der Waals surface area (Å²) in [6.45, 7) is 0. The first kappa shape index (κ1) is 13.8. The molecule has 0 saturated heterocycles. The third kappa shape index (κ3) is 2.96. The molecule has 3 nitrogen and oxygen atoms in total. The van der Waals surface area contributed by atoms with E-state index in [4.69, 9.17) is 0 Å². The molecule has 1 aromatic carbocycles. The van der Waals surface area contributed by atoms with Crippen LogP contribution in [0.3, 0.4) is 0 Å². The van der Waals surface area contributed by atoms with Gasteiger partial charge in [-0.1, -0.05) is 0 Å². The van der Waals surface area contributed by atoms with E-state index in [2.05, 4.69) is 9.97 Å². The Kier molecular flexibility index (Phi) is 3.07. The number of hydrogen-bond donors (Lipinski definition) is 1. The Labute approximate surface area is 116 Å². The maximum Gasteiger partial charge on any atom is 0.416 e. The van der Waals surface area contributed by atoms with E-state index in [0.717, 1.165) is 25.0 Å². The zero-order valence-electron chi connectivity index (χ0n) is 10.7. The highest BCUT2D eigenvalue weighted by Crippen LogP contribution is 2.39. The first-order valence-electron chi connectivity index (χ1n) is 6.32. The van der Waals surface area contributed by atoms with Gasteiger partial charge in [-0.25, -0.2) is 9.37 Å². The maximum atomic E-state index is 13.4. The Morgan fingerprint density at radius 3 is 2.48 bits per heavy atom. The summed E-state index contributed by atoms with van der Waals surface area (Å²) in [6, 6.07) is 3.43. The van der Waals surface area contributed by atoms with Crippen molar-refractivity contribution in [3.05, 3.63) is 51.7 Å². The quantitative estimate of drug-likeness (QED) is 0.863. The van der Waals surface area contributed by atoms with E-state index < -0.39 is 23.1 Å². The summed E-state index contributed by atoms with van der Waals surface area (Å²) in [6.07, 6.45) is -2.87. The van der Waals surface area contributed by atoms with Gasteiger partial charge in [-0.05, 0) is 31.0 Å². The number of aromatic amines is 1. The normalized spacial score (nSPS) is 15.2. The van der Waals surface area contributed by atoms with Gasteiger partial charge in [0.25, 0.3) is 5.56 Å². The summed E-state index contributed by atoms with van der Waals surface area (Å²) in [7, 11) is 0. The Hall–Kier alpha value is -2.18. The molecule has 110 valence electrons. The standard InChI is InChI=1S/C14H10F4N2O/c15-10-4-8(3-9(5-10)14(16,17)18)13-19-11(7-1-2-7)6-12(21)20-13/h3-7H,1-2H2,(H,19,20,21). The number of nitrogens with one attached hydrogen (secondary N) is 1. The van der Waals surface area contributed by atoms with Crippen LogP contribution >= 0.6 is 0 Å². The van der Waals surface area contributed by atoms with Crippen molar-refractivity contribution in [3.8, 4) is 11.4 Å². The molecule has 0 spiro atoms. The molecule has 0 radical (unpaired) electrons. The molecular weight excluding hydrogens is 288 g/mol. The van der Waals surface area contributed by atoms with Gasteiger partial charge in [0, 0.05) is 17.5 Å². The first-order chi connectivity index (χ1) is 9.83. The molecule has 3 rings (SSSR count). The molecule has 0 amide bonds. The Bertz CT molecular complexity index is 747. The Balaban J connectivity index is 2.12. The van der Waals surface area contributed by atoms with E-state index in [0.29, 0.717) is 11.8 Å². The predicted molar refractivity (Wildman–Crippen MR) is 67.2 cm³/mol. The SMILES string of the molecule is O=c1cc(C2CC2)nc(-c2cc(F)cc(C(F)(F)F)c2)[nH]1. The molecular formula is C14H10F4N2O. The molecule has 1 N–H and O–H groups in total. The first-order valence-corrected chi connectivity index (χ1v) is 6.32. The van der Waals surface area contributed by atoms with E-state index in [9.17, 15) is 22.4 Å². The molecule has 0 bridgehead atoms. The molecule has 1 aliphatic rings.